The molecule has 0 radical (unpaired) electrons. The van der Waals surface area contributed by atoms with Crippen LogP contribution in [0.25, 0.3) is 0 Å². The summed E-state index contributed by atoms with van der Waals surface area (Å²) in [6, 6.07) is 11.0. The molecule has 1 aliphatic heterocycles. The molecule has 2 aliphatic rings. The number of pyridine rings is 1. The minimum absolute atomic E-state index is 0.0566. The zero-order valence-electron chi connectivity index (χ0n) is 12.5. The highest BCUT2D eigenvalue weighted by molar-refractivity contribution is 6.07. The summed E-state index contributed by atoms with van der Waals surface area (Å²) < 4.78 is 0. The molecule has 0 bridgehead atoms. The van der Waals surface area contributed by atoms with Crippen LogP contribution in [0.5, 0.6) is 0 Å². The highest BCUT2D eigenvalue weighted by atomic mass is 16.4. The standard InChI is InChI=1S/C18H16N2O3/c21-16(12-6-7-14(17(22)23)19-10-12)20-11-18(8-3-9-18)13-4-1-2-5-15(13)20/h1-2,4-7,10H,3,8-9,11H2,(H,22,23). The van der Waals surface area contributed by atoms with Gasteiger partial charge in [-0.05, 0) is 36.6 Å². The molecule has 1 amide bonds. The number of aromatic nitrogens is 1. The zero-order chi connectivity index (χ0) is 16.0. The van der Waals surface area contributed by atoms with E-state index in [-0.39, 0.29) is 17.0 Å². The molecule has 4 rings (SSSR count). The number of anilines is 1. The Bertz CT molecular complexity index is 794. The molecule has 2 heterocycles. The number of fused-ring (bicyclic) bond motifs is 2. The van der Waals surface area contributed by atoms with Gasteiger partial charge >= 0.3 is 5.97 Å². The molecule has 1 aromatic carbocycles. The third-order valence-corrected chi connectivity index (χ3v) is 5.01. The Morgan fingerprint density at radius 2 is 1.91 bits per heavy atom. The Labute approximate surface area is 133 Å². The molecular formula is C18H16N2O3. The number of nitrogens with zero attached hydrogens (tertiary/aromatic N) is 2. The van der Waals surface area contributed by atoms with Crippen molar-refractivity contribution in [2.24, 2.45) is 0 Å². The van der Waals surface area contributed by atoms with Crippen molar-refractivity contribution in [1.29, 1.82) is 0 Å². The Hall–Kier alpha value is -2.69. The van der Waals surface area contributed by atoms with Crippen molar-refractivity contribution in [1.82, 2.24) is 4.98 Å². The van der Waals surface area contributed by atoms with Gasteiger partial charge in [0.05, 0.1) is 5.56 Å². The maximum absolute atomic E-state index is 12.9. The van der Waals surface area contributed by atoms with Crippen LogP contribution in [0, 0.1) is 0 Å². The number of amides is 1. The summed E-state index contributed by atoms with van der Waals surface area (Å²) in [5, 5.41) is 8.91. The first-order valence-corrected chi connectivity index (χ1v) is 7.71. The lowest BCUT2D eigenvalue weighted by Crippen LogP contribution is -2.41. The Morgan fingerprint density at radius 3 is 2.52 bits per heavy atom. The molecule has 1 aromatic heterocycles. The fourth-order valence-electron chi connectivity index (χ4n) is 3.65. The molecule has 0 saturated heterocycles. The average Bonchev–Trinajstić information content (AvgIpc) is 2.90. The van der Waals surface area contributed by atoms with Gasteiger partial charge in [-0.1, -0.05) is 24.6 Å². The van der Waals surface area contributed by atoms with Crippen LogP contribution in [-0.2, 0) is 5.41 Å². The summed E-state index contributed by atoms with van der Waals surface area (Å²) in [7, 11) is 0. The van der Waals surface area contributed by atoms with E-state index in [1.54, 1.807) is 0 Å². The first kappa shape index (κ1) is 13.9. The number of aromatic carboxylic acids is 1. The van der Waals surface area contributed by atoms with E-state index >= 15 is 0 Å². The molecule has 5 heteroatoms. The van der Waals surface area contributed by atoms with E-state index in [9.17, 15) is 9.59 Å². The van der Waals surface area contributed by atoms with E-state index in [0.29, 0.717) is 12.1 Å². The van der Waals surface area contributed by atoms with E-state index in [2.05, 4.69) is 11.1 Å². The summed E-state index contributed by atoms with van der Waals surface area (Å²) in [4.78, 5) is 29.4. The fraction of sp³-hybridized carbons (Fsp3) is 0.278. The van der Waals surface area contributed by atoms with Gasteiger partial charge in [0, 0.05) is 23.8 Å². The Balaban J connectivity index is 1.68. The lowest BCUT2D eigenvalue weighted by atomic mass is 9.66. The second-order valence-corrected chi connectivity index (χ2v) is 6.28. The molecule has 1 fully saturated rings. The number of hydrogen-bond acceptors (Lipinski definition) is 3. The highest BCUT2D eigenvalue weighted by Crippen LogP contribution is 2.52. The van der Waals surface area contributed by atoms with E-state index in [0.717, 1.165) is 18.5 Å². The van der Waals surface area contributed by atoms with Gasteiger partial charge in [0.1, 0.15) is 5.69 Å². The smallest absolute Gasteiger partial charge is 0.354 e. The molecule has 0 unspecified atom stereocenters. The van der Waals surface area contributed by atoms with Gasteiger partial charge in [-0.25, -0.2) is 9.78 Å². The zero-order valence-corrected chi connectivity index (χ0v) is 12.5. The van der Waals surface area contributed by atoms with E-state index in [1.165, 1.54) is 30.3 Å². The summed E-state index contributed by atoms with van der Waals surface area (Å²) in [6.07, 6.45) is 4.78. The molecule has 1 spiro atoms. The van der Waals surface area contributed by atoms with Crippen molar-refractivity contribution in [3.8, 4) is 0 Å². The summed E-state index contributed by atoms with van der Waals surface area (Å²) in [5.41, 5.74) is 2.70. The maximum Gasteiger partial charge on any atom is 0.354 e. The number of benzene rings is 1. The number of carboxylic acid groups (broad SMARTS) is 1. The monoisotopic (exact) mass is 308 g/mol. The number of carboxylic acids is 1. The SMILES string of the molecule is O=C(O)c1ccc(C(=O)N2CC3(CCC3)c3ccccc32)cn1. The Morgan fingerprint density at radius 1 is 1.13 bits per heavy atom. The predicted octanol–water partition coefficient (Wildman–Crippen LogP) is 2.86. The predicted molar refractivity (Wildman–Crippen MR) is 84.8 cm³/mol. The molecule has 0 atom stereocenters. The molecule has 5 nitrogen and oxygen atoms in total. The number of rotatable bonds is 2. The molecular weight excluding hydrogens is 292 g/mol. The van der Waals surface area contributed by atoms with Crippen molar-refractivity contribution >= 4 is 17.6 Å². The van der Waals surface area contributed by atoms with Gasteiger partial charge in [0.2, 0.25) is 0 Å². The maximum atomic E-state index is 12.9. The van der Waals surface area contributed by atoms with Gasteiger partial charge in [-0.3, -0.25) is 4.79 Å². The van der Waals surface area contributed by atoms with Crippen LogP contribution < -0.4 is 4.90 Å². The average molecular weight is 308 g/mol. The first-order chi connectivity index (χ1) is 11.1. The van der Waals surface area contributed by atoms with Crippen molar-refractivity contribution in [2.75, 3.05) is 11.4 Å². The van der Waals surface area contributed by atoms with Crippen LogP contribution >= 0.6 is 0 Å². The van der Waals surface area contributed by atoms with Gasteiger partial charge in [-0.15, -0.1) is 0 Å². The van der Waals surface area contributed by atoms with Crippen molar-refractivity contribution in [2.45, 2.75) is 24.7 Å². The minimum Gasteiger partial charge on any atom is -0.477 e. The van der Waals surface area contributed by atoms with Crippen LogP contribution in [0.2, 0.25) is 0 Å². The van der Waals surface area contributed by atoms with Crippen LogP contribution in [0.1, 0.15) is 45.7 Å². The Kier molecular flexibility index (Phi) is 2.98. The molecule has 1 N–H and O–H groups in total. The minimum atomic E-state index is -1.09. The van der Waals surface area contributed by atoms with Crippen LogP contribution in [0.3, 0.4) is 0 Å². The normalized spacial score (nSPS) is 17.7. The van der Waals surface area contributed by atoms with Gasteiger partial charge < -0.3 is 10.0 Å². The van der Waals surface area contributed by atoms with E-state index < -0.39 is 5.97 Å². The number of carbonyl (C=O) groups is 2. The lowest BCUT2D eigenvalue weighted by molar-refractivity contribution is 0.0690. The second kappa shape index (κ2) is 4.91. The van der Waals surface area contributed by atoms with E-state index in [4.69, 9.17) is 5.11 Å². The molecule has 1 saturated carbocycles. The lowest BCUT2D eigenvalue weighted by Gasteiger charge is -2.38. The topological polar surface area (TPSA) is 70.5 Å². The summed E-state index contributed by atoms with van der Waals surface area (Å²) in [5.74, 6) is -1.21. The molecule has 2 aromatic rings. The van der Waals surface area contributed by atoms with Crippen molar-refractivity contribution in [3.63, 3.8) is 0 Å². The quantitative estimate of drug-likeness (QED) is 0.926. The van der Waals surface area contributed by atoms with Gasteiger partial charge in [0.25, 0.3) is 5.91 Å². The summed E-state index contributed by atoms with van der Waals surface area (Å²) in [6.45, 7) is 0.700. The third-order valence-electron chi connectivity index (χ3n) is 5.01. The molecule has 116 valence electrons. The van der Waals surface area contributed by atoms with Crippen molar-refractivity contribution in [3.05, 3.63) is 59.4 Å². The highest BCUT2D eigenvalue weighted by Gasteiger charge is 2.48. The van der Waals surface area contributed by atoms with E-state index in [1.807, 2.05) is 23.1 Å². The molecule has 1 aliphatic carbocycles. The van der Waals surface area contributed by atoms with Gasteiger partial charge in [0.15, 0.2) is 0 Å². The number of hydrogen-bond donors (Lipinski definition) is 1. The first-order valence-electron chi connectivity index (χ1n) is 7.71. The largest absolute Gasteiger partial charge is 0.477 e. The fourth-order valence-corrected chi connectivity index (χ4v) is 3.65. The van der Waals surface area contributed by atoms with Crippen molar-refractivity contribution < 1.29 is 14.7 Å². The van der Waals surface area contributed by atoms with Gasteiger partial charge in [-0.2, -0.15) is 0 Å². The van der Waals surface area contributed by atoms with Crippen LogP contribution in [-0.4, -0.2) is 28.5 Å². The second-order valence-electron chi connectivity index (χ2n) is 6.28. The van der Waals surface area contributed by atoms with Crippen LogP contribution in [0.4, 0.5) is 5.69 Å². The number of para-hydroxylation sites is 1. The third kappa shape index (κ3) is 2.04. The molecule has 23 heavy (non-hydrogen) atoms. The van der Waals surface area contributed by atoms with Crippen LogP contribution in [0.15, 0.2) is 42.6 Å². The number of carbonyl (C=O) groups excluding carboxylic acids is 1. The summed E-state index contributed by atoms with van der Waals surface area (Å²) >= 11 is 0.